The van der Waals surface area contributed by atoms with Crippen LogP contribution in [0.4, 0.5) is 11.4 Å². The van der Waals surface area contributed by atoms with Crippen LogP contribution in [-0.4, -0.2) is 41.2 Å². The van der Waals surface area contributed by atoms with Gasteiger partial charge in [-0.3, -0.25) is 9.88 Å². The molecule has 4 aromatic carbocycles. The van der Waals surface area contributed by atoms with Crippen LogP contribution in [0.2, 0.25) is 0 Å². The van der Waals surface area contributed by atoms with E-state index in [9.17, 15) is 5.11 Å². The van der Waals surface area contributed by atoms with Gasteiger partial charge < -0.3 is 15.2 Å². The maximum absolute atomic E-state index is 12.1. The number of benzene rings is 4. The van der Waals surface area contributed by atoms with Gasteiger partial charge >= 0.3 is 0 Å². The fraction of sp³-hybridized carbons (Fsp3) is 0.250. The highest BCUT2D eigenvalue weighted by Crippen LogP contribution is 2.41. The van der Waals surface area contributed by atoms with Gasteiger partial charge in [0.15, 0.2) is 0 Å². The second-order valence-corrected chi connectivity index (χ2v) is 10.9. The minimum absolute atomic E-state index is 0.153. The number of para-hydroxylation sites is 1. The fourth-order valence-corrected chi connectivity index (χ4v) is 6.12. The van der Waals surface area contributed by atoms with Gasteiger partial charge in [0.05, 0.1) is 5.52 Å². The summed E-state index contributed by atoms with van der Waals surface area (Å²) in [6.45, 7) is 5.36. The van der Waals surface area contributed by atoms with Gasteiger partial charge in [-0.25, -0.2) is 0 Å². The molecule has 5 nitrogen and oxygen atoms in total. The average Bonchev–Trinajstić information content (AvgIpc) is 3.02. The van der Waals surface area contributed by atoms with Crippen molar-refractivity contribution in [2.45, 2.75) is 25.4 Å². The van der Waals surface area contributed by atoms with Crippen molar-refractivity contribution in [1.29, 1.82) is 0 Å². The number of pyridine rings is 1. The number of nitrogens with one attached hydrogen (secondary N) is 1. The molecule has 1 aliphatic heterocycles. The van der Waals surface area contributed by atoms with E-state index in [1.54, 1.807) is 0 Å². The summed E-state index contributed by atoms with van der Waals surface area (Å²) in [5.41, 5.74) is 4.94. The Morgan fingerprint density at radius 2 is 1.49 bits per heavy atom. The molecule has 6 rings (SSSR count). The zero-order chi connectivity index (χ0) is 28.1. The fourth-order valence-electron chi connectivity index (χ4n) is 6.12. The number of aromatic nitrogens is 1. The predicted octanol–water partition coefficient (Wildman–Crippen LogP) is 7.31. The first-order chi connectivity index (χ1) is 20.1. The molecule has 1 aromatic heterocycles. The number of fused-ring (bicyclic) bond motifs is 1. The summed E-state index contributed by atoms with van der Waals surface area (Å²) >= 11 is 0. The van der Waals surface area contributed by atoms with Gasteiger partial charge in [0, 0.05) is 35.1 Å². The van der Waals surface area contributed by atoms with Crippen molar-refractivity contribution in [3.8, 4) is 5.75 Å². The topological polar surface area (TPSA) is 57.6 Å². The van der Waals surface area contributed by atoms with E-state index in [1.807, 2.05) is 73.7 Å². The van der Waals surface area contributed by atoms with Crippen LogP contribution in [0, 0.1) is 12.8 Å². The summed E-state index contributed by atoms with van der Waals surface area (Å²) < 4.78 is 6.19. The van der Waals surface area contributed by atoms with Gasteiger partial charge in [-0.1, -0.05) is 84.9 Å². The molecule has 0 aliphatic carbocycles. The molecule has 2 heterocycles. The monoisotopic (exact) mass is 543 g/mol. The molecule has 41 heavy (non-hydrogen) atoms. The molecule has 0 spiro atoms. The number of hydrogen-bond acceptors (Lipinski definition) is 5. The largest absolute Gasteiger partial charge is 0.492 e. The number of aliphatic hydroxyl groups is 1. The molecule has 0 radical (unpaired) electrons. The van der Waals surface area contributed by atoms with Crippen molar-refractivity contribution in [3.05, 3.63) is 132 Å². The summed E-state index contributed by atoms with van der Waals surface area (Å²) in [5.74, 6) is 1.00. The van der Waals surface area contributed by atoms with Gasteiger partial charge in [-0.05, 0) is 74.2 Å². The van der Waals surface area contributed by atoms with Crippen molar-refractivity contribution in [3.63, 3.8) is 0 Å². The predicted molar refractivity (Wildman–Crippen MR) is 167 cm³/mol. The summed E-state index contributed by atoms with van der Waals surface area (Å²) in [6.07, 6.45) is 1.86. The molecule has 0 atom stereocenters. The number of hydrogen-bond donors (Lipinski definition) is 2. The molecule has 208 valence electrons. The minimum Gasteiger partial charge on any atom is -0.492 e. The molecule has 5 heteroatoms. The number of anilines is 2. The van der Waals surface area contributed by atoms with Gasteiger partial charge in [-0.2, -0.15) is 0 Å². The van der Waals surface area contributed by atoms with Gasteiger partial charge in [0.2, 0.25) is 0 Å². The maximum atomic E-state index is 12.1. The Morgan fingerprint density at radius 3 is 2.20 bits per heavy atom. The van der Waals surface area contributed by atoms with Crippen LogP contribution in [0.3, 0.4) is 0 Å². The van der Waals surface area contributed by atoms with E-state index in [0.29, 0.717) is 6.61 Å². The highest BCUT2D eigenvalue weighted by atomic mass is 16.5. The summed E-state index contributed by atoms with van der Waals surface area (Å²) in [6, 6.07) is 38.7. The lowest BCUT2D eigenvalue weighted by atomic mass is 9.72. The summed E-state index contributed by atoms with van der Waals surface area (Å²) in [5, 5.41) is 16.8. The van der Waals surface area contributed by atoms with E-state index in [2.05, 4.69) is 63.7 Å². The van der Waals surface area contributed by atoms with Crippen molar-refractivity contribution in [1.82, 2.24) is 9.88 Å². The molecule has 2 N–H and O–H groups in total. The molecular formula is C36H37N3O2. The molecule has 1 fully saturated rings. The Hall–Kier alpha value is -4.19. The Morgan fingerprint density at radius 1 is 0.829 bits per heavy atom. The molecule has 0 amide bonds. The molecular weight excluding hydrogens is 506 g/mol. The maximum Gasteiger partial charge on any atom is 0.121 e. The van der Waals surface area contributed by atoms with Crippen LogP contribution in [0.25, 0.3) is 10.9 Å². The first kappa shape index (κ1) is 27.0. The van der Waals surface area contributed by atoms with Crippen LogP contribution in [0.15, 0.2) is 115 Å². The van der Waals surface area contributed by atoms with Gasteiger partial charge in [-0.15, -0.1) is 0 Å². The lowest BCUT2D eigenvalue weighted by molar-refractivity contribution is -0.0153. The Kier molecular flexibility index (Phi) is 7.99. The molecule has 5 aromatic rings. The van der Waals surface area contributed by atoms with E-state index in [-0.39, 0.29) is 5.92 Å². The first-order valence-electron chi connectivity index (χ1n) is 14.5. The van der Waals surface area contributed by atoms with Gasteiger partial charge in [0.1, 0.15) is 18.0 Å². The van der Waals surface area contributed by atoms with E-state index in [4.69, 9.17) is 4.74 Å². The second-order valence-electron chi connectivity index (χ2n) is 10.9. The van der Waals surface area contributed by atoms with E-state index >= 15 is 0 Å². The van der Waals surface area contributed by atoms with Crippen molar-refractivity contribution in [2.24, 2.45) is 5.92 Å². The van der Waals surface area contributed by atoms with Crippen molar-refractivity contribution >= 4 is 22.3 Å². The highest BCUT2D eigenvalue weighted by molar-refractivity contribution is 5.93. The second kappa shape index (κ2) is 12.1. The van der Waals surface area contributed by atoms with E-state index < -0.39 is 5.60 Å². The summed E-state index contributed by atoms with van der Waals surface area (Å²) in [7, 11) is 0. The van der Waals surface area contributed by atoms with Crippen LogP contribution < -0.4 is 10.1 Å². The smallest absolute Gasteiger partial charge is 0.121 e. The van der Waals surface area contributed by atoms with Crippen LogP contribution in [-0.2, 0) is 5.60 Å². The third-order valence-corrected chi connectivity index (χ3v) is 8.24. The molecule has 0 unspecified atom stereocenters. The Labute approximate surface area is 242 Å². The quantitative estimate of drug-likeness (QED) is 0.204. The third-order valence-electron chi connectivity index (χ3n) is 8.24. The first-order valence-corrected chi connectivity index (χ1v) is 14.5. The lowest BCUT2D eigenvalue weighted by Crippen LogP contribution is -2.45. The zero-order valence-corrected chi connectivity index (χ0v) is 23.5. The highest BCUT2D eigenvalue weighted by Gasteiger charge is 2.41. The number of nitrogens with zero attached hydrogens (tertiary/aromatic N) is 2. The minimum atomic E-state index is -0.989. The SMILES string of the molecule is Cc1cc(Nc2cccc(OCCN3CCC(C(O)(c4ccccc4)c4ccccc4)CC3)c2)c2ccccc2n1. The molecule has 1 saturated heterocycles. The molecule has 1 aliphatic rings. The van der Waals surface area contributed by atoms with Crippen LogP contribution >= 0.6 is 0 Å². The Bertz CT molecular complexity index is 1540. The molecule has 0 saturated carbocycles. The standard InChI is InChI=1S/C36H37N3O2/c1-27-25-35(33-17-8-9-18-34(33)37-27)38-31-15-10-16-32(26-31)41-24-23-39-21-19-30(20-22-39)36(40,28-11-4-2-5-12-28)29-13-6-3-7-14-29/h2-18,25-26,30,40H,19-24H2,1H3,(H,37,38). The van der Waals surface area contributed by atoms with E-state index in [0.717, 1.165) is 77.3 Å². The normalized spacial score (nSPS) is 14.7. The number of rotatable bonds is 9. The Balaban J connectivity index is 1.06. The van der Waals surface area contributed by atoms with Gasteiger partial charge in [0.25, 0.3) is 0 Å². The van der Waals surface area contributed by atoms with Crippen molar-refractivity contribution in [2.75, 3.05) is 31.6 Å². The lowest BCUT2D eigenvalue weighted by Gasteiger charge is -2.42. The number of likely N-dealkylation sites (tertiary alicyclic amines) is 1. The number of ether oxygens (including phenoxy) is 1. The average molecular weight is 544 g/mol. The third kappa shape index (κ3) is 5.97. The molecule has 0 bridgehead atoms. The number of piperidine rings is 1. The van der Waals surface area contributed by atoms with E-state index in [1.165, 1.54) is 0 Å². The van der Waals surface area contributed by atoms with Crippen LogP contribution in [0.5, 0.6) is 5.75 Å². The number of aryl methyl sites for hydroxylation is 1. The van der Waals surface area contributed by atoms with Crippen LogP contribution in [0.1, 0.15) is 29.7 Å². The zero-order valence-electron chi connectivity index (χ0n) is 23.5. The summed E-state index contributed by atoms with van der Waals surface area (Å²) in [4.78, 5) is 7.09. The van der Waals surface area contributed by atoms with Crippen molar-refractivity contribution < 1.29 is 9.84 Å².